The fourth-order valence-corrected chi connectivity index (χ4v) is 1.69. The summed E-state index contributed by atoms with van der Waals surface area (Å²) in [5.74, 6) is 7.43. The average molecular weight is 226 g/mol. The highest BCUT2D eigenvalue weighted by atomic mass is 31.0. The van der Waals surface area contributed by atoms with E-state index in [2.05, 4.69) is 27.4 Å². The molecule has 1 fully saturated rings. The van der Waals surface area contributed by atoms with Gasteiger partial charge in [0.1, 0.15) is 6.10 Å². The van der Waals surface area contributed by atoms with Crippen LogP contribution < -0.4 is 0 Å². The van der Waals surface area contributed by atoms with E-state index in [1.807, 2.05) is 13.0 Å². The Kier molecular flexibility index (Phi) is 5.95. The first-order chi connectivity index (χ1) is 7.27. The van der Waals surface area contributed by atoms with Crippen LogP contribution in [0.15, 0.2) is 12.2 Å². The van der Waals surface area contributed by atoms with Crippen molar-refractivity contribution in [2.45, 2.75) is 32.3 Å². The number of aliphatic hydroxyl groups excluding tert-OH is 1. The molecule has 1 aliphatic rings. The number of allylic oxidation sites excluding steroid dienone is 2. The Morgan fingerprint density at radius 3 is 3.07 bits per heavy atom. The van der Waals surface area contributed by atoms with Gasteiger partial charge in [0.25, 0.3) is 0 Å². The topological polar surface area (TPSA) is 29.5 Å². The lowest BCUT2D eigenvalue weighted by atomic mass is 10.2. The summed E-state index contributed by atoms with van der Waals surface area (Å²) in [6, 6.07) is 0. The first-order valence-electron chi connectivity index (χ1n) is 5.40. The minimum atomic E-state index is -0.0253. The number of hydrogen-bond donors (Lipinski definition) is 1. The van der Waals surface area contributed by atoms with Gasteiger partial charge in [0, 0.05) is 16.1 Å². The summed E-state index contributed by atoms with van der Waals surface area (Å²) < 4.78 is 4.92. The monoisotopic (exact) mass is 226 g/mol. The molecule has 0 bridgehead atoms. The SMILES string of the molecule is CC(C#C/C=C\C[C@@H]1C[C@H]1CCO)OP. The summed E-state index contributed by atoms with van der Waals surface area (Å²) in [5.41, 5.74) is 0. The Morgan fingerprint density at radius 1 is 1.60 bits per heavy atom. The molecule has 0 spiro atoms. The van der Waals surface area contributed by atoms with Gasteiger partial charge in [0.05, 0.1) is 0 Å². The molecule has 0 aromatic heterocycles. The molecule has 0 amide bonds. The van der Waals surface area contributed by atoms with Crippen molar-refractivity contribution in [3.63, 3.8) is 0 Å². The summed E-state index contributed by atoms with van der Waals surface area (Å²) in [6.07, 6.45) is 7.31. The molecule has 2 unspecified atom stereocenters. The zero-order valence-corrected chi connectivity index (χ0v) is 10.3. The quantitative estimate of drug-likeness (QED) is 0.575. The lowest BCUT2D eigenvalue weighted by Crippen LogP contribution is -1.94. The maximum absolute atomic E-state index is 8.74. The van der Waals surface area contributed by atoms with Crippen LogP contribution in [-0.4, -0.2) is 17.8 Å². The Hall–Kier alpha value is -0.350. The van der Waals surface area contributed by atoms with Gasteiger partial charge < -0.3 is 9.63 Å². The second-order valence-electron chi connectivity index (χ2n) is 3.97. The van der Waals surface area contributed by atoms with Crippen molar-refractivity contribution in [2.24, 2.45) is 11.8 Å². The minimum absolute atomic E-state index is 0.0253. The molecule has 15 heavy (non-hydrogen) atoms. The predicted octanol–water partition coefficient (Wildman–Crippen LogP) is 2.15. The van der Waals surface area contributed by atoms with Gasteiger partial charge in [-0.3, -0.25) is 0 Å². The Bertz CT molecular complexity index is 265. The summed E-state index contributed by atoms with van der Waals surface area (Å²) in [7, 11) is 2.21. The van der Waals surface area contributed by atoms with Crippen LogP contribution in [0.3, 0.4) is 0 Å². The van der Waals surface area contributed by atoms with E-state index in [9.17, 15) is 0 Å². The third-order valence-electron chi connectivity index (χ3n) is 2.70. The van der Waals surface area contributed by atoms with E-state index in [1.54, 1.807) is 0 Å². The Morgan fingerprint density at radius 2 is 2.40 bits per heavy atom. The molecule has 2 nitrogen and oxygen atoms in total. The fourth-order valence-electron chi connectivity index (χ4n) is 1.62. The molecular formula is C12H19O2P. The smallest absolute Gasteiger partial charge is 0.119 e. The van der Waals surface area contributed by atoms with E-state index in [1.165, 1.54) is 6.42 Å². The Labute approximate surface area is 94.4 Å². The van der Waals surface area contributed by atoms with E-state index < -0.39 is 0 Å². The van der Waals surface area contributed by atoms with Crippen LogP contribution in [0.1, 0.15) is 26.2 Å². The number of hydrogen-bond acceptors (Lipinski definition) is 2. The van der Waals surface area contributed by atoms with Crippen LogP contribution in [0, 0.1) is 23.7 Å². The molecule has 0 heterocycles. The summed E-state index contributed by atoms with van der Waals surface area (Å²) in [6.45, 7) is 2.24. The van der Waals surface area contributed by atoms with Crippen molar-refractivity contribution in [1.82, 2.24) is 0 Å². The maximum Gasteiger partial charge on any atom is 0.119 e. The highest BCUT2D eigenvalue weighted by Crippen LogP contribution is 2.43. The van der Waals surface area contributed by atoms with Crippen LogP contribution >= 0.6 is 9.47 Å². The molecule has 84 valence electrons. The van der Waals surface area contributed by atoms with Gasteiger partial charge >= 0.3 is 0 Å². The van der Waals surface area contributed by atoms with Gasteiger partial charge in [0.15, 0.2) is 0 Å². The van der Waals surface area contributed by atoms with E-state index in [4.69, 9.17) is 9.63 Å². The molecule has 1 saturated carbocycles. The molecule has 1 N–H and O–H groups in total. The molecule has 1 rings (SSSR count). The lowest BCUT2D eigenvalue weighted by Gasteiger charge is -1.95. The zero-order valence-electron chi connectivity index (χ0n) is 9.15. The lowest BCUT2D eigenvalue weighted by molar-refractivity contribution is 0.277. The molecule has 0 saturated heterocycles. The van der Waals surface area contributed by atoms with Gasteiger partial charge in [0.2, 0.25) is 0 Å². The second kappa shape index (κ2) is 7.01. The largest absolute Gasteiger partial charge is 0.396 e. The van der Waals surface area contributed by atoms with Gasteiger partial charge in [-0.15, -0.1) is 0 Å². The van der Waals surface area contributed by atoms with E-state index in [0.29, 0.717) is 6.61 Å². The van der Waals surface area contributed by atoms with Crippen molar-refractivity contribution >= 4 is 9.47 Å². The highest BCUT2D eigenvalue weighted by Gasteiger charge is 2.34. The van der Waals surface area contributed by atoms with Crippen LogP contribution in [0.4, 0.5) is 0 Å². The maximum atomic E-state index is 8.74. The van der Waals surface area contributed by atoms with Gasteiger partial charge in [-0.1, -0.05) is 17.9 Å². The van der Waals surface area contributed by atoms with Gasteiger partial charge in [-0.25, -0.2) is 0 Å². The first kappa shape index (κ1) is 12.7. The Balaban J connectivity index is 2.10. The standard InChI is InChI=1S/C12H19O2P/c1-10(14-15)5-3-2-4-6-11-9-12(11)7-8-13/h2,4,10-13H,6-9,15H2,1H3/b4-2-/t10?,11-,12-/m1/s1. The first-order valence-corrected chi connectivity index (χ1v) is 5.87. The predicted molar refractivity (Wildman–Crippen MR) is 65.1 cm³/mol. The molecule has 3 heteroatoms. The van der Waals surface area contributed by atoms with E-state index in [0.717, 1.165) is 24.7 Å². The molecule has 0 aromatic rings. The highest BCUT2D eigenvalue weighted by molar-refractivity contribution is 7.09. The molecular weight excluding hydrogens is 207 g/mol. The number of rotatable bonds is 5. The van der Waals surface area contributed by atoms with Gasteiger partial charge in [-0.2, -0.15) is 0 Å². The molecule has 0 radical (unpaired) electrons. The summed E-state index contributed by atoms with van der Waals surface area (Å²) >= 11 is 0. The van der Waals surface area contributed by atoms with Crippen LogP contribution in [0.5, 0.6) is 0 Å². The minimum Gasteiger partial charge on any atom is -0.396 e. The van der Waals surface area contributed by atoms with Crippen LogP contribution in [0.2, 0.25) is 0 Å². The van der Waals surface area contributed by atoms with E-state index >= 15 is 0 Å². The van der Waals surface area contributed by atoms with Crippen molar-refractivity contribution in [2.75, 3.05) is 6.61 Å². The normalized spacial score (nSPS) is 26.1. The third-order valence-corrected chi connectivity index (χ3v) is 3.11. The van der Waals surface area contributed by atoms with Crippen molar-refractivity contribution < 1.29 is 9.63 Å². The molecule has 4 atom stereocenters. The summed E-state index contributed by atoms with van der Waals surface area (Å²) in [5, 5.41) is 8.74. The molecule has 0 aliphatic heterocycles. The average Bonchev–Trinajstić information content (AvgIpc) is 2.96. The van der Waals surface area contributed by atoms with Crippen molar-refractivity contribution in [1.29, 1.82) is 0 Å². The van der Waals surface area contributed by atoms with Crippen LogP contribution in [-0.2, 0) is 4.52 Å². The van der Waals surface area contributed by atoms with E-state index in [-0.39, 0.29) is 6.10 Å². The zero-order chi connectivity index (χ0) is 11.1. The third kappa shape index (κ3) is 5.33. The van der Waals surface area contributed by atoms with Gasteiger partial charge in [-0.05, 0) is 44.1 Å². The summed E-state index contributed by atoms with van der Waals surface area (Å²) in [4.78, 5) is 0. The van der Waals surface area contributed by atoms with Crippen molar-refractivity contribution in [3.8, 4) is 11.8 Å². The van der Waals surface area contributed by atoms with Crippen molar-refractivity contribution in [3.05, 3.63) is 12.2 Å². The van der Waals surface area contributed by atoms with Crippen LogP contribution in [0.25, 0.3) is 0 Å². The number of aliphatic hydroxyl groups is 1. The molecule has 0 aromatic carbocycles. The molecule has 1 aliphatic carbocycles. The second-order valence-corrected chi connectivity index (χ2v) is 4.25. The fraction of sp³-hybridized carbons (Fsp3) is 0.667.